The van der Waals surface area contributed by atoms with Gasteiger partial charge in [-0.05, 0) is 6.08 Å². The second kappa shape index (κ2) is 4.71. The Hall–Kier alpha value is -1.62. The van der Waals surface area contributed by atoms with Gasteiger partial charge in [0.2, 0.25) is 5.91 Å². The summed E-state index contributed by atoms with van der Waals surface area (Å²) in [4.78, 5) is 15.5. The van der Waals surface area contributed by atoms with Gasteiger partial charge in [-0.1, -0.05) is 13.2 Å². The van der Waals surface area contributed by atoms with Crippen LogP contribution < -0.4 is 0 Å². The lowest BCUT2D eigenvalue weighted by molar-refractivity contribution is -0.133. The maximum Gasteiger partial charge on any atom is 0.246 e. The predicted octanol–water partition coefficient (Wildman–Crippen LogP) is 0.130. The predicted molar refractivity (Wildman–Crippen MR) is 67.5 cm³/mol. The Morgan fingerprint density at radius 2 is 2.12 bits per heavy atom. The Morgan fingerprint density at radius 1 is 1.41 bits per heavy atom. The van der Waals surface area contributed by atoms with Gasteiger partial charge in [0.1, 0.15) is 0 Å². The van der Waals surface area contributed by atoms with E-state index >= 15 is 0 Å². The largest absolute Gasteiger partial charge is 0.336 e. The molecule has 0 aromatic rings. The molecular weight excluding hydrogens is 216 g/mol. The third-order valence-electron chi connectivity index (χ3n) is 3.39. The first kappa shape index (κ1) is 11.9. The van der Waals surface area contributed by atoms with E-state index in [-0.39, 0.29) is 5.91 Å². The number of amides is 1. The lowest BCUT2D eigenvalue weighted by Crippen LogP contribution is -2.63. The third-order valence-corrected chi connectivity index (χ3v) is 3.39. The smallest absolute Gasteiger partial charge is 0.246 e. The fourth-order valence-electron chi connectivity index (χ4n) is 2.25. The zero-order valence-electron chi connectivity index (χ0n) is 10.0. The average Bonchev–Trinajstić information content (AvgIpc) is 2.27. The topological polar surface area (TPSA) is 39.2 Å². The number of rotatable bonds is 3. The van der Waals surface area contributed by atoms with Gasteiger partial charge in [0.15, 0.2) is 0 Å². The fourth-order valence-corrected chi connectivity index (χ4v) is 2.25. The van der Waals surface area contributed by atoms with Crippen LogP contribution in [0.25, 0.3) is 0 Å². The molecule has 2 aliphatic heterocycles. The summed E-state index contributed by atoms with van der Waals surface area (Å²) in [6.07, 6.45) is 1.37. The Bertz CT molecular complexity index is 360. The van der Waals surface area contributed by atoms with Gasteiger partial charge in [0.25, 0.3) is 0 Å². The number of hydrogen-bond acceptors (Lipinski definition) is 4. The number of hydrogen-bond donors (Lipinski definition) is 0. The van der Waals surface area contributed by atoms with E-state index in [4.69, 9.17) is 0 Å². The van der Waals surface area contributed by atoms with Gasteiger partial charge in [-0.2, -0.15) is 5.10 Å². The molecule has 92 valence electrons. The van der Waals surface area contributed by atoms with Crippen molar-refractivity contribution in [1.29, 1.82) is 0 Å². The summed E-state index contributed by atoms with van der Waals surface area (Å²) in [6, 6.07) is 0.447. The molecule has 5 nitrogen and oxygen atoms in total. The molecule has 5 heteroatoms. The molecule has 2 aliphatic rings. The summed E-state index contributed by atoms with van der Waals surface area (Å²) in [5.74, 6) is 0.0199. The summed E-state index contributed by atoms with van der Waals surface area (Å²) in [5, 5.41) is 5.74. The first-order valence-corrected chi connectivity index (χ1v) is 5.73. The Kier molecular flexibility index (Phi) is 3.28. The molecule has 0 bridgehead atoms. The van der Waals surface area contributed by atoms with Crippen molar-refractivity contribution in [3.63, 3.8) is 0 Å². The van der Waals surface area contributed by atoms with Crippen LogP contribution in [0.15, 0.2) is 30.0 Å². The molecule has 2 saturated heterocycles. The molecule has 2 fully saturated rings. The first-order valence-electron chi connectivity index (χ1n) is 5.73. The van der Waals surface area contributed by atoms with Crippen LogP contribution in [0.1, 0.15) is 0 Å². The summed E-state index contributed by atoms with van der Waals surface area (Å²) in [6.45, 7) is 15.1. The second-order valence-corrected chi connectivity index (χ2v) is 4.40. The summed E-state index contributed by atoms with van der Waals surface area (Å²) in [5.41, 5.74) is 0.972. The van der Waals surface area contributed by atoms with Crippen molar-refractivity contribution in [3.8, 4) is 0 Å². The Labute approximate surface area is 102 Å². The molecule has 0 aromatic carbocycles. The molecule has 0 spiro atoms. The van der Waals surface area contributed by atoms with Gasteiger partial charge in [-0.15, -0.1) is 0 Å². The molecule has 17 heavy (non-hydrogen) atoms. The van der Waals surface area contributed by atoms with Crippen molar-refractivity contribution in [3.05, 3.63) is 24.9 Å². The van der Waals surface area contributed by atoms with Crippen LogP contribution in [0.4, 0.5) is 0 Å². The van der Waals surface area contributed by atoms with Crippen LogP contribution in [0, 0.1) is 0 Å². The van der Waals surface area contributed by atoms with Crippen LogP contribution in [0.2, 0.25) is 0 Å². The number of likely N-dealkylation sites (tertiary alicyclic amines) is 1. The van der Waals surface area contributed by atoms with E-state index in [9.17, 15) is 4.79 Å². The van der Waals surface area contributed by atoms with Crippen LogP contribution >= 0.6 is 0 Å². The highest BCUT2D eigenvalue weighted by atomic mass is 16.2. The fraction of sp³-hybridized carbons (Fsp3) is 0.500. The highest BCUT2D eigenvalue weighted by Crippen LogP contribution is 2.20. The lowest BCUT2D eigenvalue weighted by Gasteiger charge is -2.47. The number of carbonyl (C=O) groups excluding carboxylic acids is 1. The van der Waals surface area contributed by atoms with Crippen LogP contribution in [-0.2, 0) is 4.79 Å². The van der Waals surface area contributed by atoms with Crippen molar-refractivity contribution in [2.45, 2.75) is 6.04 Å². The quantitative estimate of drug-likeness (QED) is 0.515. The maximum atomic E-state index is 11.3. The minimum absolute atomic E-state index is 0.0199. The van der Waals surface area contributed by atoms with E-state index < -0.39 is 0 Å². The molecule has 1 amide bonds. The SMILES string of the molecule is C=CC(=O)N1CC(N2CCN(N=C)C(=C)C2)C1. The van der Waals surface area contributed by atoms with E-state index in [1.165, 1.54) is 6.08 Å². The van der Waals surface area contributed by atoms with Crippen molar-refractivity contribution in [1.82, 2.24) is 14.8 Å². The van der Waals surface area contributed by atoms with Crippen molar-refractivity contribution in [2.24, 2.45) is 5.10 Å². The molecule has 0 aliphatic carbocycles. The van der Waals surface area contributed by atoms with Crippen molar-refractivity contribution >= 4 is 12.6 Å². The molecule has 0 atom stereocenters. The van der Waals surface area contributed by atoms with Gasteiger partial charge in [0, 0.05) is 44.6 Å². The minimum Gasteiger partial charge on any atom is -0.336 e. The molecule has 2 rings (SSSR count). The number of nitrogens with zero attached hydrogens (tertiary/aromatic N) is 4. The molecular formula is C12H18N4O. The van der Waals surface area contributed by atoms with Gasteiger partial charge in [-0.25, -0.2) is 0 Å². The van der Waals surface area contributed by atoms with Crippen LogP contribution in [-0.4, -0.2) is 66.2 Å². The zero-order valence-corrected chi connectivity index (χ0v) is 10.0. The summed E-state index contributed by atoms with van der Waals surface area (Å²) in [7, 11) is 0. The normalized spacial score (nSPS) is 22.2. The molecule has 2 heterocycles. The maximum absolute atomic E-state index is 11.3. The van der Waals surface area contributed by atoms with E-state index in [0.29, 0.717) is 6.04 Å². The molecule has 0 N–H and O–H groups in total. The van der Waals surface area contributed by atoms with Gasteiger partial charge in [0.05, 0.1) is 6.54 Å². The first-order chi connectivity index (χ1) is 8.15. The Balaban J connectivity index is 1.83. The summed E-state index contributed by atoms with van der Waals surface area (Å²) >= 11 is 0. The van der Waals surface area contributed by atoms with E-state index in [1.54, 1.807) is 4.90 Å². The molecule has 0 unspecified atom stereocenters. The van der Waals surface area contributed by atoms with E-state index in [0.717, 1.165) is 38.4 Å². The van der Waals surface area contributed by atoms with Gasteiger partial charge in [-0.3, -0.25) is 14.7 Å². The number of piperazine rings is 1. The van der Waals surface area contributed by atoms with Gasteiger partial charge < -0.3 is 4.90 Å². The highest BCUT2D eigenvalue weighted by molar-refractivity contribution is 5.87. The molecule has 0 aromatic heterocycles. The second-order valence-electron chi connectivity index (χ2n) is 4.40. The highest BCUT2D eigenvalue weighted by Gasteiger charge is 2.35. The van der Waals surface area contributed by atoms with E-state index in [2.05, 4.69) is 29.9 Å². The van der Waals surface area contributed by atoms with Crippen molar-refractivity contribution < 1.29 is 4.79 Å². The number of carbonyl (C=O) groups is 1. The van der Waals surface area contributed by atoms with Crippen molar-refractivity contribution in [2.75, 3.05) is 32.7 Å². The molecule has 0 saturated carbocycles. The monoisotopic (exact) mass is 234 g/mol. The Morgan fingerprint density at radius 3 is 2.65 bits per heavy atom. The third kappa shape index (κ3) is 2.24. The average molecular weight is 234 g/mol. The van der Waals surface area contributed by atoms with Gasteiger partial charge >= 0.3 is 0 Å². The van der Waals surface area contributed by atoms with Crippen LogP contribution in [0.3, 0.4) is 0 Å². The number of hydrazone groups is 1. The standard InChI is InChI=1S/C12H18N4O/c1-4-12(17)15-8-11(9-15)14-5-6-16(13-3)10(2)7-14/h4,11H,1-3,5-9H2. The lowest BCUT2D eigenvalue weighted by atomic mass is 10.1. The zero-order chi connectivity index (χ0) is 12.4. The minimum atomic E-state index is 0.0199. The van der Waals surface area contributed by atoms with Crippen LogP contribution in [0.5, 0.6) is 0 Å². The van der Waals surface area contributed by atoms with E-state index in [1.807, 2.05) is 5.01 Å². The molecule has 0 radical (unpaired) electrons. The summed E-state index contributed by atoms with van der Waals surface area (Å²) < 4.78 is 0.